The van der Waals surface area contributed by atoms with E-state index in [1.165, 1.54) is 0 Å². The van der Waals surface area contributed by atoms with Crippen LogP contribution in [0.15, 0.2) is 30.3 Å². The number of rotatable bonds is 3. The predicted molar refractivity (Wildman–Crippen MR) is 79.1 cm³/mol. The maximum atomic E-state index is 12.6. The van der Waals surface area contributed by atoms with Gasteiger partial charge in [0.1, 0.15) is 0 Å². The van der Waals surface area contributed by atoms with Crippen molar-refractivity contribution in [1.82, 2.24) is 4.90 Å². The van der Waals surface area contributed by atoms with Crippen molar-refractivity contribution >= 4 is 17.6 Å². The molecule has 112 valence electrons. The van der Waals surface area contributed by atoms with Gasteiger partial charge in [-0.15, -0.1) is 0 Å². The lowest BCUT2D eigenvalue weighted by Gasteiger charge is -2.33. The topological polar surface area (TPSA) is 60.9 Å². The van der Waals surface area contributed by atoms with Crippen molar-refractivity contribution < 1.29 is 14.7 Å². The smallest absolute Gasteiger partial charge is 0.306 e. The Morgan fingerprint density at radius 3 is 2.33 bits per heavy atom. The molecule has 0 aliphatic carbocycles. The van der Waals surface area contributed by atoms with Crippen molar-refractivity contribution in [2.75, 3.05) is 24.5 Å². The molecule has 0 aromatic heterocycles. The molecule has 2 heterocycles. The zero-order valence-corrected chi connectivity index (χ0v) is 11.9. The molecule has 2 aliphatic heterocycles. The molecule has 1 atom stereocenters. The number of piperidine rings is 1. The molecule has 5 heteroatoms. The predicted octanol–water partition coefficient (Wildman–Crippen LogP) is 1.59. The summed E-state index contributed by atoms with van der Waals surface area (Å²) in [7, 11) is 0. The first-order valence-electron chi connectivity index (χ1n) is 7.50. The average molecular weight is 288 g/mol. The molecule has 2 aliphatic rings. The number of carboxylic acids is 1. The largest absolute Gasteiger partial charge is 0.481 e. The number of benzene rings is 1. The van der Waals surface area contributed by atoms with Crippen LogP contribution >= 0.6 is 0 Å². The van der Waals surface area contributed by atoms with Crippen molar-refractivity contribution in [2.45, 2.75) is 25.3 Å². The second kappa shape index (κ2) is 5.85. The zero-order valence-electron chi connectivity index (χ0n) is 11.9. The van der Waals surface area contributed by atoms with Crippen LogP contribution in [0, 0.1) is 5.92 Å². The van der Waals surface area contributed by atoms with Gasteiger partial charge in [-0.3, -0.25) is 14.5 Å². The molecular formula is C16H20N2O3. The van der Waals surface area contributed by atoms with Crippen molar-refractivity contribution in [1.29, 1.82) is 0 Å². The summed E-state index contributed by atoms with van der Waals surface area (Å²) >= 11 is 0. The molecule has 21 heavy (non-hydrogen) atoms. The number of hydrogen-bond donors (Lipinski definition) is 1. The van der Waals surface area contributed by atoms with Crippen LogP contribution in [0.1, 0.15) is 19.3 Å². The second-order valence-electron chi connectivity index (χ2n) is 5.78. The summed E-state index contributed by atoms with van der Waals surface area (Å²) in [6.07, 6.45) is 2.11. The first-order valence-corrected chi connectivity index (χ1v) is 7.50. The Balaban J connectivity index is 1.64. The minimum Gasteiger partial charge on any atom is -0.481 e. The number of carboxylic acid groups (broad SMARTS) is 1. The summed E-state index contributed by atoms with van der Waals surface area (Å²) < 4.78 is 0. The van der Waals surface area contributed by atoms with Gasteiger partial charge in [0.05, 0.1) is 12.0 Å². The maximum absolute atomic E-state index is 12.6. The fourth-order valence-electron chi connectivity index (χ4n) is 3.33. The van der Waals surface area contributed by atoms with Crippen LogP contribution in [0.3, 0.4) is 0 Å². The monoisotopic (exact) mass is 288 g/mol. The molecule has 0 spiro atoms. The lowest BCUT2D eigenvalue weighted by Crippen LogP contribution is -2.46. The number of amides is 1. The molecule has 2 fully saturated rings. The number of hydrogen-bond acceptors (Lipinski definition) is 3. The highest BCUT2D eigenvalue weighted by molar-refractivity contribution is 5.99. The fourth-order valence-corrected chi connectivity index (χ4v) is 3.33. The minimum absolute atomic E-state index is 0.0834. The Kier molecular flexibility index (Phi) is 3.92. The quantitative estimate of drug-likeness (QED) is 0.917. The van der Waals surface area contributed by atoms with Crippen LogP contribution in [0.5, 0.6) is 0 Å². The Morgan fingerprint density at radius 2 is 1.71 bits per heavy atom. The minimum atomic E-state index is -0.710. The number of likely N-dealkylation sites (tertiary alicyclic amines) is 1. The van der Waals surface area contributed by atoms with E-state index in [-0.39, 0.29) is 17.9 Å². The first-order chi connectivity index (χ1) is 10.2. The van der Waals surface area contributed by atoms with Crippen LogP contribution in [0.4, 0.5) is 5.69 Å². The molecule has 0 bridgehead atoms. The third-order valence-electron chi connectivity index (χ3n) is 4.56. The average Bonchev–Trinajstić information content (AvgIpc) is 2.90. The SMILES string of the molecule is O=C(O)C1CCN(C2CCN(c3ccccc3)C2=O)CC1. The standard InChI is InChI=1S/C16H20N2O3/c19-15-14(17-9-6-12(7-10-17)16(20)21)8-11-18(15)13-4-2-1-3-5-13/h1-5,12,14H,6-11H2,(H,20,21). The molecule has 1 N–H and O–H groups in total. The van der Waals surface area contributed by atoms with Gasteiger partial charge >= 0.3 is 5.97 Å². The Morgan fingerprint density at radius 1 is 1.05 bits per heavy atom. The summed E-state index contributed by atoms with van der Waals surface area (Å²) in [5, 5.41) is 9.04. The van der Waals surface area contributed by atoms with Crippen molar-refractivity contribution in [2.24, 2.45) is 5.92 Å². The molecule has 1 amide bonds. The summed E-state index contributed by atoms with van der Waals surface area (Å²) in [5.41, 5.74) is 0.949. The highest BCUT2D eigenvalue weighted by atomic mass is 16.4. The number of para-hydroxylation sites is 1. The van der Waals surface area contributed by atoms with E-state index in [0.717, 1.165) is 18.7 Å². The highest BCUT2D eigenvalue weighted by Crippen LogP contribution is 2.27. The van der Waals surface area contributed by atoms with Gasteiger partial charge in [-0.1, -0.05) is 18.2 Å². The molecule has 3 rings (SSSR count). The highest BCUT2D eigenvalue weighted by Gasteiger charge is 2.38. The molecule has 5 nitrogen and oxygen atoms in total. The van der Waals surface area contributed by atoms with E-state index in [1.807, 2.05) is 35.2 Å². The van der Waals surface area contributed by atoms with E-state index >= 15 is 0 Å². The van der Waals surface area contributed by atoms with Crippen LogP contribution in [0.2, 0.25) is 0 Å². The van der Waals surface area contributed by atoms with E-state index in [9.17, 15) is 9.59 Å². The molecule has 0 radical (unpaired) electrons. The van der Waals surface area contributed by atoms with E-state index < -0.39 is 5.97 Å². The van der Waals surface area contributed by atoms with Gasteiger partial charge in [-0.2, -0.15) is 0 Å². The number of carbonyl (C=O) groups excluding carboxylic acids is 1. The maximum Gasteiger partial charge on any atom is 0.306 e. The lowest BCUT2D eigenvalue weighted by molar-refractivity contribution is -0.143. The number of anilines is 1. The summed E-state index contributed by atoms with van der Waals surface area (Å²) in [6.45, 7) is 2.15. The summed E-state index contributed by atoms with van der Waals surface area (Å²) in [5.74, 6) is -0.809. The van der Waals surface area contributed by atoms with Crippen molar-refractivity contribution in [3.63, 3.8) is 0 Å². The van der Waals surface area contributed by atoms with E-state index in [1.54, 1.807) is 0 Å². The van der Waals surface area contributed by atoms with Gasteiger partial charge in [0.15, 0.2) is 0 Å². The van der Waals surface area contributed by atoms with Crippen LogP contribution < -0.4 is 4.90 Å². The second-order valence-corrected chi connectivity index (χ2v) is 5.78. The Hall–Kier alpha value is -1.88. The number of carbonyl (C=O) groups is 2. The van der Waals surface area contributed by atoms with Gasteiger partial charge in [0.2, 0.25) is 5.91 Å². The van der Waals surface area contributed by atoms with Gasteiger partial charge in [0.25, 0.3) is 0 Å². The molecule has 1 aromatic carbocycles. The number of nitrogens with zero attached hydrogens (tertiary/aromatic N) is 2. The third-order valence-corrected chi connectivity index (χ3v) is 4.56. The molecule has 0 saturated carbocycles. The van der Waals surface area contributed by atoms with Crippen LogP contribution in [-0.4, -0.2) is 47.6 Å². The van der Waals surface area contributed by atoms with E-state index in [4.69, 9.17) is 5.11 Å². The van der Waals surface area contributed by atoms with Crippen molar-refractivity contribution in [3.05, 3.63) is 30.3 Å². The van der Waals surface area contributed by atoms with Gasteiger partial charge < -0.3 is 10.0 Å². The van der Waals surface area contributed by atoms with Crippen LogP contribution in [0.25, 0.3) is 0 Å². The van der Waals surface area contributed by atoms with Crippen molar-refractivity contribution in [3.8, 4) is 0 Å². The molecule has 2 saturated heterocycles. The third kappa shape index (κ3) is 2.78. The fraction of sp³-hybridized carbons (Fsp3) is 0.500. The Bertz CT molecular complexity index is 524. The molecule has 1 aromatic rings. The van der Waals surface area contributed by atoms with E-state index in [2.05, 4.69) is 4.90 Å². The van der Waals surface area contributed by atoms with Crippen LogP contribution in [-0.2, 0) is 9.59 Å². The summed E-state index contributed by atoms with van der Waals surface area (Å²) in [6, 6.07) is 9.65. The van der Waals surface area contributed by atoms with E-state index in [0.29, 0.717) is 25.9 Å². The van der Waals surface area contributed by atoms with Gasteiger partial charge in [0, 0.05) is 12.2 Å². The Labute approximate surface area is 124 Å². The molecular weight excluding hydrogens is 268 g/mol. The first kappa shape index (κ1) is 14.1. The lowest BCUT2D eigenvalue weighted by atomic mass is 9.96. The summed E-state index contributed by atoms with van der Waals surface area (Å²) in [4.78, 5) is 27.6. The van der Waals surface area contributed by atoms with Gasteiger partial charge in [-0.25, -0.2) is 0 Å². The normalized spacial score (nSPS) is 24.5. The van der Waals surface area contributed by atoms with Gasteiger partial charge in [-0.05, 0) is 44.5 Å². The molecule has 1 unspecified atom stereocenters. The zero-order chi connectivity index (χ0) is 14.8. The number of aliphatic carboxylic acids is 1.